The summed E-state index contributed by atoms with van der Waals surface area (Å²) >= 11 is 0. The first kappa shape index (κ1) is 30.1. The van der Waals surface area contributed by atoms with Crippen LogP contribution in [0.5, 0.6) is 0 Å². The van der Waals surface area contributed by atoms with Crippen LogP contribution in [-0.4, -0.2) is 52.9 Å². The summed E-state index contributed by atoms with van der Waals surface area (Å²) in [4.78, 5) is 50.3. The normalized spacial score (nSPS) is 20.2. The molecular formula is C36H35N3O6. The van der Waals surface area contributed by atoms with Crippen LogP contribution in [0.3, 0.4) is 0 Å². The van der Waals surface area contributed by atoms with E-state index in [-0.39, 0.29) is 18.9 Å². The van der Waals surface area contributed by atoms with Crippen LogP contribution in [0.4, 0.5) is 5.69 Å². The third-order valence-electron chi connectivity index (χ3n) is 8.48. The highest BCUT2D eigenvalue weighted by molar-refractivity contribution is 6.08. The number of ether oxygens (including phenoxy) is 3. The molecule has 1 saturated heterocycles. The van der Waals surface area contributed by atoms with Crippen molar-refractivity contribution >= 4 is 23.5 Å². The number of anilines is 1. The van der Waals surface area contributed by atoms with E-state index in [9.17, 15) is 14.4 Å². The molecule has 6 rings (SSSR count). The van der Waals surface area contributed by atoms with Crippen molar-refractivity contribution in [2.24, 2.45) is 0 Å². The molecule has 2 aliphatic rings. The lowest BCUT2D eigenvalue weighted by Gasteiger charge is -2.26. The molecule has 3 unspecified atom stereocenters. The molecule has 3 aromatic carbocycles. The van der Waals surface area contributed by atoms with E-state index < -0.39 is 35.8 Å². The minimum Gasteiger partial charge on any atom is -0.459 e. The first-order valence-electron chi connectivity index (χ1n) is 15.0. The fourth-order valence-corrected chi connectivity index (χ4v) is 5.75. The summed E-state index contributed by atoms with van der Waals surface area (Å²) in [6, 6.07) is 20.0. The number of amides is 1. The smallest absolute Gasteiger partial charge is 0.338 e. The predicted molar refractivity (Wildman–Crippen MR) is 168 cm³/mol. The van der Waals surface area contributed by atoms with E-state index in [1.54, 1.807) is 41.6 Å². The Hall–Kier alpha value is -4.89. The van der Waals surface area contributed by atoms with Gasteiger partial charge in [0.05, 0.1) is 22.2 Å². The Morgan fingerprint density at radius 3 is 2.09 bits per heavy atom. The van der Waals surface area contributed by atoms with Crippen LogP contribution in [0.1, 0.15) is 63.5 Å². The number of hydrogen-bond acceptors (Lipinski definition) is 8. The summed E-state index contributed by atoms with van der Waals surface area (Å²) in [6.07, 6.45) is 1.36. The van der Waals surface area contributed by atoms with Gasteiger partial charge in [-0.2, -0.15) is 0 Å². The monoisotopic (exact) mass is 605 g/mol. The lowest BCUT2D eigenvalue weighted by Crippen LogP contribution is -2.43. The molecule has 0 aliphatic carbocycles. The lowest BCUT2D eigenvalue weighted by molar-refractivity contribution is -0.125. The second-order valence-corrected chi connectivity index (χ2v) is 12.2. The number of aromatic nitrogens is 2. The van der Waals surface area contributed by atoms with Crippen molar-refractivity contribution in [3.8, 4) is 11.1 Å². The number of hydrogen-bond donors (Lipinski definition) is 0. The standard InChI is InChI=1S/C36H35N3O6/c1-21-6-10-24(11-7-21)33(40)43-20-31-30(45-34(41)25-12-8-22(2)9-13-25)17-32(44-31)39-29-16-26(27-18-37-23(3)38-19-27)14-15-28(29)36(4,5)35(39)42/h6-16,18-19,30-32H,17,20H2,1-5H3. The molecule has 0 bridgehead atoms. The van der Waals surface area contributed by atoms with E-state index in [4.69, 9.17) is 14.2 Å². The van der Waals surface area contributed by atoms with Crippen molar-refractivity contribution < 1.29 is 28.6 Å². The number of carbonyl (C=O) groups excluding carboxylic acids is 3. The summed E-state index contributed by atoms with van der Waals surface area (Å²) in [5, 5.41) is 0. The van der Waals surface area contributed by atoms with Gasteiger partial charge in [0.2, 0.25) is 5.91 Å². The molecule has 1 aromatic heterocycles. The Morgan fingerprint density at radius 1 is 0.867 bits per heavy atom. The molecule has 0 saturated carbocycles. The van der Waals surface area contributed by atoms with Crippen LogP contribution in [0.15, 0.2) is 79.1 Å². The van der Waals surface area contributed by atoms with Crippen molar-refractivity contribution in [3.05, 3.63) is 113 Å². The quantitative estimate of drug-likeness (QED) is 0.240. The minimum atomic E-state index is -0.814. The van der Waals surface area contributed by atoms with Crippen LogP contribution >= 0.6 is 0 Å². The number of benzene rings is 3. The van der Waals surface area contributed by atoms with Gasteiger partial charge in [-0.05, 0) is 76.1 Å². The van der Waals surface area contributed by atoms with Crippen molar-refractivity contribution in [2.45, 2.75) is 64.9 Å². The second-order valence-electron chi connectivity index (χ2n) is 12.2. The average molecular weight is 606 g/mol. The number of aryl methyl sites for hydroxylation is 3. The zero-order valence-electron chi connectivity index (χ0n) is 25.9. The molecule has 0 radical (unpaired) electrons. The number of carbonyl (C=O) groups is 3. The number of esters is 2. The van der Waals surface area contributed by atoms with Crippen molar-refractivity contribution in [1.82, 2.24) is 9.97 Å². The molecule has 1 fully saturated rings. The Morgan fingerprint density at radius 2 is 1.47 bits per heavy atom. The first-order valence-corrected chi connectivity index (χ1v) is 15.0. The number of fused-ring (bicyclic) bond motifs is 1. The highest BCUT2D eigenvalue weighted by Crippen LogP contribution is 2.46. The third-order valence-corrected chi connectivity index (χ3v) is 8.48. The maximum atomic E-state index is 14.0. The Balaban J connectivity index is 1.29. The van der Waals surface area contributed by atoms with Crippen molar-refractivity contribution in [3.63, 3.8) is 0 Å². The van der Waals surface area contributed by atoms with Gasteiger partial charge in [0.1, 0.15) is 30.9 Å². The number of nitrogens with zero attached hydrogens (tertiary/aromatic N) is 3. The van der Waals surface area contributed by atoms with Crippen molar-refractivity contribution in [2.75, 3.05) is 11.5 Å². The van der Waals surface area contributed by atoms with Gasteiger partial charge in [-0.3, -0.25) is 9.69 Å². The molecule has 9 nitrogen and oxygen atoms in total. The van der Waals surface area contributed by atoms with E-state index in [0.29, 0.717) is 22.6 Å². The Kier molecular flexibility index (Phi) is 7.97. The van der Waals surface area contributed by atoms with Crippen LogP contribution in [0.2, 0.25) is 0 Å². The van der Waals surface area contributed by atoms with Gasteiger partial charge < -0.3 is 14.2 Å². The van der Waals surface area contributed by atoms with Crippen molar-refractivity contribution in [1.29, 1.82) is 0 Å². The van der Waals surface area contributed by atoms with Crippen LogP contribution in [-0.2, 0) is 24.4 Å². The van der Waals surface area contributed by atoms with E-state index in [1.165, 1.54) is 0 Å². The van der Waals surface area contributed by atoms with E-state index in [0.717, 1.165) is 27.8 Å². The highest BCUT2D eigenvalue weighted by Gasteiger charge is 2.51. The summed E-state index contributed by atoms with van der Waals surface area (Å²) in [7, 11) is 0. The van der Waals surface area contributed by atoms with Gasteiger partial charge in [-0.1, -0.05) is 47.5 Å². The minimum absolute atomic E-state index is 0.138. The molecule has 9 heteroatoms. The highest BCUT2D eigenvalue weighted by atomic mass is 16.6. The van der Waals surface area contributed by atoms with Gasteiger partial charge in [-0.25, -0.2) is 19.6 Å². The summed E-state index contributed by atoms with van der Waals surface area (Å²) in [5.41, 5.74) is 5.26. The lowest BCUT2D eigenvalue weighted by atomic mass is 9.85. The van der Waals surface area contributed by atoms with Crippen LogP contribution < -0.4 is 4.90 Å². The molecule has 0 N–H and O–H groups in total. The maximum Gasteiger partial charge on any atom is 0.338 e. The van der Waals surface area contributed by atoms with Gasteiger partial charge in [0, 0.05) is 24.4 Å². The van der Waals surface area contributed by atoms with E-state index in [2.05, 4.69) is 9.97 Å². The summed E-state index contributed by atoms with van der Waals surface area (Å²) in [5.74, 6) is -0.508. The molecule has 0 spiro atoms. The van der Waals surface area contributed by atoms with Gasteiger partial charge in [-0.15, -0.1) is 0 Å². The number of rotatable bonds is 7. The third kappa shape index (κ3) is 5.95. The molecule has 2 aliphatic heterocycles. The zero-order chi connectivity index (χ0) is 31.9. The molecule has 45 heavy (non-hydrogen) atoms. The average Bonchev–Trinajstić information content (AvgIpc) is 3.50. The van der Waals surface area contributed by atoms with Gasteiger partial charge in [0.25, 0.3) is 0 Å². The molecule has 1 amide bonds. The predicted octanol–water partition coefficient (Wildman–Crippen LogP) is 5.89. The van der Waals surface area contributed by atoms with E-state index in [1.807, 2.05) is 77.1 Å². The summed E-state index contributed by atoms with van der Waals surface area (Å²) in [6.45, 7) is 9.30. The molecule has 3 heterocycles. The Bertz CT molecular complexity index is 1750. The second kappa shape index (κ2) is 11.9. The van der Waals surface area contributed by atoms with Gasteiger partial charge >= 0.3 is 11.9 Å². The zero-order valence-corrected chi connectivity index (χ0v) is 25.9. The largest absolute Gasteiger partial charge is 0.459 e. The Labute approximate surface area is 262 Å². The van der Waals surface area contributed by atoms with Gasteiger partial charge in [0.15, 0.2) is 0 Å². The first-order chi connectivity index (χ1) is 21.5. The van der Waals surface area contributed by atoms with E-state index >= 15 is 0 Å². The maximum absolute atomic E-state index is 14.0. The molecule has 3 atom stereocenters. The fraction of sp³-hybridized carbons (Fsp3) is 0.306. The molecule has 4 aromatic rings. The topological polar surface area (TPSA) is 108 Å². The van der Waals surface area contributed by atoms with Crippen LogP contribution in [0, 0.1) is 20.8 Å². The SMILES string of the molecule is Cc1ccc(C(=O)OCC2OC(N3C(=O)C(C)(C)c4ccc(-c5cnc(C)nc5)cc43)CC2OC(=O)c2ccc(C)cc2)cc1. The fourth-order valence-electron chi connectivity index (χ4n) is 5.75. The van der Waals surface area contributed by atoms with Crippen LogP contribution in [0.25, 0.3) is 11.1 Å². The molecular weight excluding hydrogens is 570 g/mol. The summed E-state index contributed by atoms with van der Waals surface area (Å²) < 4.78 is 18.0. The molecule has 230 valence electrons.